The Kier molecular flexibility index (Phi) is 5.40. The highest BCUT2D eigenvalue weighted by molar-refractivity contribution is 6.36. The molecule has 0 saturated heterocycles. The number of Topliss-reactive ketones (excluding diaryl/α,β-unsaturated/α-hetero) is 1. The van der Waals surface area contributed by atoms with Gasteiger partial charge in [0.1, 0.15) is 18.1 Å². The van der Waals surface area contributed by atoms with Crippen LogP contribution in [0.1, 0.15) is 29.8 Å². The molecule has 0 aromatic heterocycles. The summed E-state index contributed by atoms with van der Waals surface area (Å²) in [5, 5.41) is 8.87. The average molecular weight is 319 g/mol. The highest BCUT2D eigenvalue weighted by Gasteiger charge is 2.31. The topological polar surface area (TPSA) is 66.7 Å². The van der Waals surface area contributed by atoms with Crippen molar-refractivity contribution in [3.8, 4) is 0 Å². The van der Waals surface area contributed by atoms with Gasteiger partial charge in [0.2, 0.25) is 0 Å². The summed E-state index contributed by atoms with van der Waals surface area (Å²) in [7, 11) is 0. The third-order valence-electron chi connectivity index (χ3n) is 2.75. The molecule has 0 bridgehead atoms. The molecule has 0 aliphatic carbocycles. The quantitative estimate of drug-likeness (QED) is 0.515. The summed E-state index contributed by atoms with van der Waals surface area (Å²) in [5.41, 5.74) is -2.24. The summed E-state index contributed by atoms with van der Waals surface area (Å²) in [5.74, 6) is -3.97. The van der Waals surface area contributed by atoms with Crippen molar-refractivity contribution in [1.82, 2.24) is 0 Å². The third kappa shape index (κ3) is 4.37. The predicted octanol–water partition coefficient (Wildman–Crippen LogP) is 3.21. The van der Waals surface area contributed by atoms with Crippen molar-refractivity contribution in [2.24, 2.45) is 10.9 Å². The van der Waals surface area contributed by atoms with E-state index >= 15 is 0 Å². The number of carbonyl (C=O) groups is 2. The molecule has 0 radical (unpaired) electrons. The molecule has 22 heavy (non-hydrogen) atoms. The van der Waals surface area contributed by atoms with Crippen molar-refractivity contribution in [2.75, 3.05) is 6.54 Å². The first-order valence-electron chi connectivity index (χ1n) is 6.21. The molecule has 0 aliphatic rings. The molecule has 1 aromatic rings. The number of hydrogen-bond donors (Lipinski definition) is 1. The molecule has 1 aromatic carbocycles. The van der Waals surface area contributed by atoms with Crippen LogP contribution in [-0.2, 0) is 11.0 Å². The van der Waals surface area contributed by atoms with E-state index in [2.05, 4.69) is 4.99 Å². The summed E-state index contributed by atoms with van der Waals surface area (Å²) in [6.45, 7) is 2.32. The van der Waals surface area contributed by atoms with Crippen LogP contribution in [0.25, 0.3) is 0 Å². The Bertz CT molecular complexity index is 621. The van der Waals surface area contributed by atoms with Crippen LogP contribution in [-0.4, -0.2) is 29.1 Å². The minimum Gasteiger partial charge on any atom is -0.477 e. The van der Waals surface area contributed by atoms with E-state index in [9.17, 15) is 27.2 Å². The van der Waals surface area contributed by atoms with Crippen LogP contribution in [0.15, 0.2) is 23.2 Å². The molecule has 1 rings (SSSR count). The minimum absolute atomic E-state index is 0.305. The van der Waals surface area contributed by atoms with Crippen molar-refractivity contribution in [3.05, 3.63) is 35.1 Å². The zero-order chi connectivity index (χ0) is 17.1. The van der Waals surface area contributed by atoms with E-state index < -0.39 is 47.3 Å². The lowest BCUT2D eigenvalue weighted by Gasteiger charge is -2.09. The van der Waals surface area contributed by atoms with Gasteiger partial charge >= 0.3 is 12.1 Å². The summed E-state index contributed by atoms with van der Waals surface area (Å²) in [6, 6.07) is 1.45. The summed E-state index contributed by atoms with van der Waals surface area (Å²) in [4.78, 5) is 26.2. The van der Waals surface area contributed by atoms with E-state index in [0.717, 1.165) is 0 Å². The van der Waals surface area contributed by atoms with Gasteiger partial charge in [-0.25, -0.2) is 9.18 Å². The van der Waals surface area contributed by atoms with Crippen LogP contribution in [0.5, 0.6) is 0 Å². The molecule has 0 unspecified atom stereocenters. The number of aliphatic imine (C=N–C) groups is 1. The molecule has 0 saturated carbocycles. The van der Waals surface area contributed by atoms with E-state index in [0.29, 0.717) is 18.2 Å². The van der Waals surface area contributed by atoms with E-state index in [1.165, 1.54) is 13.8 Å². The Morgan fingerprint density at radius 1 is 1.27 bits per heavy atom. The summed E-state index contributed by atoms with van der Waals surface area (Å²) in [6.07, 6.45) is -4.71. The van der Waals surface area contributed by atoms with Gasteiger partial charge < -0.3 is 5.11 Å². The monoisotopic (exact) mass is 319 g/mol. The SMILES string of the molecule is CC(C)C(=NCC(=O)c1cc(C(F)(F)F)ccc1F)C(=O)O. The van der Waals surface area contributed by atoms with Crippen molar-refractivity contribution < 1.29 is 32.3 Å². The number of ketones is 1. The molecule has 0 fully saturated rings. The van der Waals surface area contributed by atoms with Gasteiger partial charge in [-0.15, -0.1) is 0 Å². The van der Waals surface area contributed by atoms with Crippen LogP contribution in [0.4, 0.5) is 17.6 Å². The van der Waals surface area contributed by atoms with Gasteiger partial charge in [0.05, 0.1) is 11.1 Å². The molecular weight excluding hydrogens is 306 g/mol. The molecule has 120 valence electrons. The van der Waals surface area contributed by atoms with Gasteiger partial charge in [-0.05, 0) is 18.2 Å². The fourth-order valence-electron chi connectivity index (χ4n) is 1.65. The number of benzene rings is 1. The minimum atomic E-state index is -4.71. The number of halogens is 4. The van der Waals surface area contributed by atoms with E-state index in [-0.39, 0.29) is 5.71 Å². The Morgan fingerprint density at radius 2 is 1.86 bits per heavy atom. The second kappa shape index (κ2) is 6.67. The fourth-order valence-corrected chi connectivity index (χ4v) is 1.65. The molecular formula is C14H13F4NO3. The van der Waals surface area contributed by atoms with E-state index in [4.69, 9.17) is 5.11 Å². The van der Waals surface area contributed by atoms with Gasteiger partial charge in [0.15, 0.2) is 5.78 Å². The first-order valence-corrected chi connectivity index (χ1v) is 6.21. The Labute approximate surface area is 123 Å². The average Bonchev–Trinajstić information content (AvgIpc) is 2.36. The van der Waals surface area contributed by atoms with Gasteiger partial charge in [-0.3, -0.25) is 9.79 Å². The van der Waals surface area contributed by atoms with Crippen LogP contribution in [0.3, 0.4) is 0 Å². The first-order chi connectivity index (χ1) is 10.0. The molecule has 0 heterocycles. The smallest absolute Gasteiger partial charge is 0.416 e. The highest BCUT2D eigenvalue weighted by atomic mass is 19.4. The Balaban J connectivity index is 3.09. The van der Waals surface area contributed by atoms with E-state index in [1.54, 1.807) is 0 Å². The van der Waals surface area contributed by atoms with Crippen LogP contribution in [0, 0.1) is 11.7 Å². The largest absolute Gasteiger partial charge is 0.477 e. The van der Waals surface area contributed by atoms with Gasteiger partial charge in [-0.1, -0.05) is 13.8 Å². The van der Waals surface area contributed by atoms with Gasteiger partial charge in [0, 0.05) is 5.92 Å². The first kappa shape index (κ1) is 17.8. The summed E-state index contributed by atoms with van der Waals surface area (Å²) >= 11 is 0. The number of rotatable bonds is 5. The summed E-state index contributed by atoms with van der Waals surface area (Å²) < 4.78 is 51.1. The lowest BCUT2D eigenvalue weighted by Crippen LogP contribution is -2.21. The third-order valence-corrected chi connectivity index (χ3v) is 2.75. The van der Waals surface area contributed by atoms with Crippen LogP contribution in [0.2, 0.25) is 0 Å². The Morgan fingerprint density at radius 3 is 2.32 bits per heavy atom. The zero-order valence-electron chi connectivity index (χ0n) is 11.7. The predicted molar refractivity (Wildman–Crippen MR) is 70.5 cm³/mol. The number of carboxylic acid groups (broad SMARTS) is 1. The second-order valence-electron chi connectivity index (χ2n) is 4.78. The molecule has 1 N–H and O–H groups in total. The number of nitrogens with zero attached hydrogens (tertiary/aromatic N) is 1. The maximum Gasteiger partial charge on any atom is 0.416 e. The lowest BCUT2D eigenvalue weighted by atomic mass is 10.1. The molecule has 4 nitrogen and oxygen atoms in total. The fraction of sp³-hybridized carbons (Fsp3) is 0.357. The normalized spacial score (nSPS) is 12.6. The number of alkyl halides is 3. The maximum absolute atomic E-state index is 13.5. The number of carbonyl (C=O) groups excluding carboxylic acids is 1. The molecule has 0 amide bonds. The second-order valence-corrected chi connectivity index (χ2v) is 4.78. The molecule has 0 atom stereocenters. The number of carboxylic acids is 1. The van der Waals surface area contributed by atoms with E-state index in [1.807, 2.05) is 0 Å². The maximum atomic E-state index is 13.5. The molecule has 8 heteroatoms. The van der Waals surface area contributed by atoms with Crippen LogP contribution >= 0.6 is 0 Å². The highest BCUT2D eigenvalue weighted by Crippen LogP contribution is 2.30. The van der Waals surface area contributed by atoms with Crippen molar-refractivity contribution in [2.45, 2.75) is 20.0 Å². The van der Waals surface area contributed by atoms with Gasteiger partial charge in [0.25, 0.3) is 0 Å². The molecule has 0 aliphatic heterocycles. The van der Waals surface area contributed by atoms with Crippen molar-refractivity contribution >= 4 is 17.5 Å². The standard InChI is InChI=1S/C14H13F4NO3/c1-7(2)12(13(21)22)19-6-11(20)9-5-8(14(16,17)18)3-4-10(9)15/h3-5,7H,6H2,1-2H3,(H,21,22). The number of aliphatic carboxylic acids is 1. The Hall–Kier alpha value is -2.25. The van der Waals surface area contributed by atoms with Crippen molar-refractivity contribution in [1.29, 1.82) is 0 Å². The van der Waals surface area contributed by atoms with Crippen LogP contribution < -0.4 is 0 Å². The van der Waals surface area contributed by atoms with Gasteiger partial charge in [-0.2, -0.15) is 13.2 Å². The number of hydrogen-bond acceptors (Lipinski definition) is 3. The zero-order valence-corrected chi connectivity index (χ0v) is 11.7. The molecule has 0 spiro atoms. The van der Waals surface area contributed by atoms with Crippen molar-refractivity contribution in [3.63, 3.8) is 0 Å². The lowest BCUT2D eigenvalue weighted by molar-refractivity contribution is -0.137.